The smallest absolute Gasteiger partial charge is 0.416 e. The molecule has 1 aliphatic rings. The van der Waals surface area contributed by atoms with E-state index in [2.05, 4.69) is 25.8 Å². The van der Waals surface area contributed by atoms with Gasteiger partial charge in [-0.2, -0.15) is 13.2 Å². The Morgan fingerprint density at radius 1 is 1.14 bits per heavy atom. The lowest BCUT2D eigenvalue weighted by atomic mass is 9.86. The molecule has 5 nitrogen and oxygen atoms in total. The molecule has 1 aliphatic heterocycles. The summed E-state index contributed by atoms with van der Waals surface area (Å²) in [6, 6.07) is 12.2. The lowest BCUT2D eigenvalue weighted by Crippen LogP contribution is -2.44. The zero-order valence-corrected chi connectivity index (χ0v) is 22.2. The number of aliphatic imine (C=N–C) groups is 1. The number of rotatable bonds is 6. The van der Waals surface area contributed by atoms with Crippen molar-refractivity contribution in [2.24, 2.45) is 10.7 Å². The van der Waals surface area contributed by atoms with Gasteiger partial charge < -0.3 is 15.4 Å². The Balaban J connectivity index is 1.87. The van der Waals surface area contributed by atoms with E-state index in [1.165, 1.54) is 18.7 Å². The van der Waals surface area contributed by atoms with Crippen molar-refractivity contribution in [2.45, 2.75) is 71.0 Å². The van der Waals surface area contributed by atoms with Crippen molar-refractivity contribution in [1.29, 1.82) is 5.41 Å². The lowest BCUT2D eigenvalue weighted by Gasteiger charge is -2.25. The Hall–Kier alpha value is -3.29. The molecule has 0 spiro atoms. The van der Waals surface area contributed by atoms with Gasteiger partial charge in [-0.15, -0.1) is 0 Å². The van der Waals surface area contributed by atoms with Crippen molar-refractivity contribution in [2.75, 3.05) is 13.7 Å². The van der Waals surface area contributed by atoms with Crippen LogP contribution in [0.2, 0.25) is 0 Å². The average molecular weight is 515 g/mol. The highest BCUT2D eigenvalue weighted by molar-refractivity contribution is 5.91. The molecule has 0 amide bonds. The number of halogens is 3. The quantitative estimate of drug-likeness (QED) is 0.339. The number of benzene rings is 2. The minimum atomic E-state index is -4.50. The van der Waals surface area contributed by atoms with E-state index in [-0.39, 0.29) is 29.4 Å². The highest BCUT2D eigenvalue weighted by Gasteiger charge is 2.34. The standard InChI is InChI=1S/C29H37F3N4O/c1-6-24(35-26(37-5)25-8-7-17-36(25)27(33)34)21-14-13-20(23(18-21)29(30,31)32)12-9-19-10-15-22(16-11-19)28(2,3)4/h6,10-11,13-16,18,25H,7-9,12,17H2,1-5H3,(H3,33,34)/b24-6-,35-26?. The number of likely N-dealkylation sites (tertiary alicyclic amines) is 1. The first-order chi connectivity index (χ1) is 17.3. The molecule has 3 rings (SSSR count). The molecule has 1 unspecified atom stereocenters. The van der Waals surface area contributed by atoms with Gasteiger partial charge in [-0.3, -0.25) is 5.41 Å². The fraction of sp³-hybridized carbons (Fsp3) is 0.448. The van der Waals surface area contributed by atoms with E-state index in [0.29, 0.717) is 36.5 Å². The SMILES string of the molecule is C/C=C(\N=C(OC)C1CCCN1C(=N)N)c1ccc(CCc2ccc(C(C)(C)C)cc2)c(C(F)(F)F)c1. The Bertz CT molecular complexity index is 1160. The first-order valence-corrected chi connectivity index (χ1v) is 12.5. The van der Waals surface area contributed by atoms with E-state index >= 15 is 0 Å². The Morgan fingerprint density at radius 3 is 2.35 bits per heavy atom. The fourth-order valence-electron chi connectivity index (χ4n) is 4.65. The van der Waals surface area contributed by atoms with Crippen LogP contribution in [0.3, 0.4) is 0 Å². The van der Waals surface area contributed by atoms with Crippen molar-refractivity contribution in [1.82, 2.24) is 4.90 Å². The van der Waals surface area contributed by atoms with Crippen LogP contribution in [-0.2, 0) is 29.2 Å². The molecule has 1 heterocycles. The maximum absolute atomic E-state index is 14.1. The van der Waals surface area contributed by atoms with Gasteiger partial charge in [0.25, 0.3) is 0 Å². The summed E-state index contributed by atoms with van der Waals surface area (Å²) in [5.74, 6) is 0.253. The van der Waals surface area contributed by atoms with Crippen LogP contribution >= 0.6 is 0 Å². The number of nitrogens with zero attached hydrogens (tertiary/aromatic N) is 2. The van der Waals surface area contributed by atoms with Crippen LogP contribution in [0.15, 0.2) is 53.5 Å². The molecule has 0 bridgehead atoms. The molecule has 1 saturated heterocycles. The second kappa shape index (κ2) is 11.4. The van der Waals surface area contributed by atoms with Gasteiger partial charge in [0, 0.05) is 12.1 Å². The van der Waals surface area contributed by atoms with E-state index in [1.807, 2.05) is 24.3 Å². The molecular formula is C29H37F3N4O. The summed E-state index contributed by atoms with van der Waals surface area (Å²) in [7, 11) is 1.47. The summed E-state index contributed by atoms with van der Waals surface area (Å²) in [5.41, 5.74) is 8.24. The van der Waals surface area contributed by atoms with Crippen LogP contribution < -0.4 is 5.73 Å². The van der Waals surface area contributed by atoms with Gasteiger partial charge in [0.15, 0.2) is 5.96 Å². The van der Waals surface area contributed by atoms with Gasteiger partial charge in [0.1, 0.15) is 6.04 Å². The molecule has 1 fully saturated rings. The number of hydrogen-bond donors (Lipinski definition) is 2. The molecular weight excluding hydrogens is 477 g/mol. The van der Waals surface area contributed by atoms with E-state index in [0.717, 1.165) is 12.0 Å². The summed E-state index contributed by atoms with van der Waals surface area (Å²) < 4.78 is 47.8. The maximum Gasteiger partial charge on any atom is 0.416 e. The van der Waals surface area contributed by atoms with Gasteiger partial charge >= 0.3 is 6.18 Å². The van der Waals surface area contributed by atoms with E-state index in [9.17, 15) is 13.2 Å². The third kappa shape index (κ3) is 6.93. The fourth-order valence-corrected chi connectivity index (χ4v) is 4.65. The van der Waals surface area contributed by atoms with Crippen molar-refractivity contribution < 1.29 is 17.9 Å². The summed E-state index contributed by atoms with van der Waals surface area (Å²) in [5, 5.41) is 7.80. The number of allylic oxidation sites excluding steroid dienone is 1. The molecule has 37 heavy (non-hydrogen) atoms. The van der Waals surface area contributed by atoms with Gasteiger partial charge in [0.05, 0.1) is 18.4 Å². The minimum Gasteiger partial charge on any atom is -0.483 e. The number of guanidine groups is 1. The first kappa shape index (κ1) is 28.3. The molecule has 0 aliphatic carbocycles. The molecule has 200 valence electrons. The van der Waals surface area contributed by atoms with Gasteiger partial charge in [0.2, 0.25) is 5.90 Å². The van der Waals surface area contributed by atoms with Crippen molar-refractivity contribution in [3.05, 3.63) is 76.4 Å². The van der Waals surface area contributed by atoms with Crippen molar-refractivity contribution >= 4 is 17.6 Å². The number of hydrogen-bond acceptors (Lipinski definition) is 3. The number of ether oxygens (including phenoxy) is 1. The van der Waals surface area contributed by atoms with E-state index < -0.39 is 11.7 Å². The van der Waals surface area contributed by atoms with Crippen molar-refractivity contribution in [3.63, 3.8) is 0 Å². The van der Waals surface area contributed by atoms with Gasteiger partial charge in [-0.05, 0) is 60.8 Å². The minimum absolute atomic E-state index is 0.0234. The number of nitrogens with two attached hydrogens (primary N) is 1. The predicted octanol–water partition coefficient (Wildman–Crippen LogP) is 6.55. The molecule has 2 aromatic carbocycles. The van der Waals surface area contributed by atoms with Crippen LogP contribution in [0.4, 0.5) is 13.2 Å². The average Bonchev–Trinajstić information content (AvgIpc) is 3.33. The lowest BCUT2D eigenvalue weighted by molar-refractivity contribution is -0.138. The topological polar surface area (TPSA) is 74.7 Å². The summed E-state index contributed by atoms with van der Waals surface area (Å²) >= 11 is 0. The Morgan fingerprint density at radius 2 is 1.81 bits per heavy atom. The normalized spacial score (nSPS) is 17.3. The molecule has 2 aromatic rings. The summed E-state index contributed by atoms with van der Waals surface area (Å²) in [6.45, 7) is 8.73. The van der Waals surface area contributed by atoms with Crippen LogP contribution in [0, 0.1) is 5.41 Å². The predicted molar refractivity (Wildman–Crippen MR) is 144 cm³/mol. The Kier molecular flexibility index (Phi) is 8.72. The molecule has 0 aromatic heterocycles. The zero-order chi connectivity index (χ0) is 27.4. The summed E-state index contributed by atoms with van der Waals surface area (Å²) in [6.07, 6.45) is -0.519. The number of methoxy groups -OCH3 is 1. The molecule has 3 N–H and O–H groups in total. The second-order valence-electron chi connectivity index (χ2n) is 10.4. The summed E-state index contributed by atoms with van der Waals surface area (Å²) in [4.78, 5) is 6.26. The number of aryl methyl sites for hydroxylation is 2. The van der Waals surface area contributed by atoms with Crippen LogP contribution in [0.1, 0.15) is 68.4 Å². The molecule has 0 radical (unpaired) electrons. The van der Waals surface area contributed by atoms with Gasteiger partial charge in [-0.25, -0.2) is 4.99 Å². The van der Waals surface area contributed by atoms with E-state index in [1.54, 1.807) is 30.0 Å². The van der Waals surface area contributed by atoms with Gasteiger partial charge in [-0.1, -0.05) is 63.2 Å². The maximum atomic E-state index is 14.1. The molecule has 1 atom stereocenters. The third-order valence-corrected chi connectivity index (χ3v) is 6.77. The monoisotopic (exact) mass is 514 g/mol. The first-order valence-electron chi connectivity index (χ1n) is 12.5. The third-order valence-electron chi connectivity index (χ3n) is 6.77. The van der Waals surface area contributed by atoms with E-state index in [4.69, 9.17) is 15.9 Å². The molecule has 8 heteroatoms. The molecule has 0 saturated carbocycles. The second-order valence-corrected chi connectivity index (χ2v) is 10.4. The Labute approximate surface area is 217 Å². The highest BCUT2D eigenvalue weighted by atomic mass is 19.4. The van der Waals surface area contributed by atoms with Crippen molar-refractivity contribution in [3.8, 4) is 0 Å². The highest BCUT2D eigenvalue weighted by Crippen LogP contribution is 2.35. The number of alkyl halides is 3. The van der Waals surface area contributed by atoms with Crippen LogP contribution in [-0.4, -0.2) is 36.5 Å². The zero-order valence-electron chi connectivity index (χ0n) is 22.2. The largest absolute Gasteiger partial charge is 0.483 e. The van der Waals surface area contributed by atoms with Crippen LogP contribution in [0.25, 0.3) is 5.70 Å². The number of nitrogens with one attached hydrogen (secondary N) is 1. The van der Waals surface area contributed by atoms with Crippen LogP contribution in [0.5, 0.6) is 0 Å².